The molecule has 0 aliphatic heterocycles. The Balaban J connectivity index is 2.30. The van der Waals surface area contributed by atoms with Crippen molar-refractivity contribution in [2.75, 3.05) is 6.54 Å². The number of benzene rings is 1. The van der Waals surface area contributed by atoms with E-state index >= 15 is 0 Å². The van der Waals surface area contributed by atoms with Crippen molar-refractivity contribution in [3.63, 3.8) is 0 Å². The van der Waals surface area contributed by atoms with Crippen molar-refractivity contribution in [2.45, 2.75) is 26.3 Å². The van der Waals surface area contributed by atoms with Crippen LogP contribution < -0.4 is 5.32 Å². The quantitative estimate of drug-likeness (QED) is 0.792. The number of hydrogen-bond acceptors (Lipinski definition) is 2. The highest BCUT2D eigenvalue weighted by molar-refractivity contribution is 9.10. The first-order valence-corrected chi connectivity index (χ1v) is 8.06. The molecule has 1 aromatic heterocycles. The van der Waals surface area contributed by atoms with E-state index in [-0.39, 0.29) is 11.6 Å². The minimum absolute atomic E-state index is 0.0820. The lowest BCUT2D eigenvalue weighted by molar-refractivity contribution is 0.503. The van der Waals surface area contributed by atoms with Crippen LogP contribution in [0.3, 0.4) is 0 Å². The Morgan fingerprint density at radius 1 is 1.30 bits per heavy atom. The predicted molar refractivity (Wildman–Crippen MR) is 83.2 cm³/mol. The first-order valence-electron chi connectivity index (χ1n) is 6.45. The highest BCUT2D eigenvalue weighted by atomic mass is 79.9. The average molecular weight is 360 g/mol. The van der Waals surface area contributed by atoms with Crippen molar-refractivity contribution in [2.24, 2.45) is 0 Å². The van der Waals surface area contributed by atoms with Crippen molar-refractivity contribution in [1.82, 2.24) is 5.32 Å². The zero-order chi connectivity index (χ0) is 14.7. The molecule has 2 rings (SSSR count). The molecule has 0 amide bonds. The van der Waals surface area contributed by atoms with Crippen molar-refractivity contribution in [1.29, 1.82) is 0 Å². The molecule has 1 atom stereocenters. The van der Waals surface area contributed by atoms with Gasteiger partial charge < -0.3 is 5.32 Å². The first kappa shape index (κ1) is 15.6. The van der Waals surface area contributed by atoms with Gasteiger partial charge >= 0.3 is 0 Å². The highest BCUT2D eigenvalue weighted by Crippen LogP contribution is 2.32. The van der Waals surface area contributed by atoms with Crippen LogP contribution in [-0.4, -0.2) is 6.54 Å². The molecule has 20 heavy (non-hydrogen) atoms. The van der Waals surface area contributed by atoms with Gasteiger partial charge in [0.1, 0.15) is 11.6 Å². The summed E-state index contributed by atoms with van der Waals surface area (Å²) >= 11 is 5.12. The fraction of sp³-hybridized carbons (Fsp3) is 0.333. The first-order chi connectivity index (χ1) is 9.52. The number of nitrogens with one attached hydrogen (secondary N) is 1. The van der Waals surface area contributed by atoms with Gasteiger partial charge in [-0.05, 0) is 54.0 Å². The third kappa shape index (κ3) is 3.45. The van der Waals surface area contributed by atoms with Gasteiger partial charge in [0.25, 0.3) is 0 Å². The van der Waals surface area contributed by atoms with Gasteiger partial charge in [0.2, 0.25) is 0 Å². The molecule has 1 aromatic carbocycles. The minimum atomic E-state index is -0.486. The summed E-state index contributed by atoms with van der Waals surface area (Å²) in [6, 6.07) is 5.93. The van der Waals surface area contributed by atoms with Gasteiger partial charge in [-0.25, -0.2) is 8.78 Å². The van der Waals surface area contributed by atoms with E-state index < -0.39 is 11.6 Å². The second-order valence-electron chi connectivity index (χ2n) is 4.57. The summed E-state index contributed by atoms with van der Waals surface area (Å²) in [6.07, 6.45) is 0.304. The molecule has 5 heteroatoms. The van der Waals surface area contributed by atoms with E-state index in [1.54, 1.807) is 11.3 Å². The van der Waals surface area contributed by atoms with Crippen molar-refractivity contribution < 1.29 is 8.78 Å². The Bertz CT molecular complexity index is 558. The van der Waals surface area contributed by atoms with Crippen LogP contribution in [0.1, 0.15) is 28.3 Å². The molecular formula is C15H16BrF2NS. The van der Waals surface area contributed by atoms with Crippen molar-refractivity contribution in [3.8, 4) is 0 Å². The number of rotatable bonds is 5. The summed E-state index contributed by atoms with van der Waals surface area (Å²) in [5.74, 6) is -0.972. The number of aryl methyl sites for hydroxylation is 1. The van der Waals surface area contributed by atoms with Gasteiger partial charge in [-0.2, -0.15) is 0 Å². The number of halogens is 3. The fourth-order valence-electron chi connectivity index (χ4n) is 2.10. The van der Waals surface area contributed by atoms with E-state index in [9.17, 15) is 8.78 Å². The largest absolute Gasteiger partial charge is 0.309 e. The second-order valence-corrected chi connectivity index (χ2v) is 6.71. The van der Waals surface area contributed by atoms with Crippen LogP contribution in [0.4, 0.5) is 8.78 Å². The third-order valence-corrected chi connectivity index (χ3v) is 5.39. The van der Waals surface area contributed by atoms with E-state index in [2.05, 4.69) is 21.2 Å². The molecule has 1 heterocycles. The van der Waals surface area contributed by atoms with E-state index in [1.807, 2.05) is 19.9 Å². The van der Waals surface area contributed by atoms with Crippen LogP contribution in [0.5, 0.6) is 0 Å². The molecule has 1 unspecified atom stereocenters. The topological polar surface area (TPSA) is 12.0 Å². The monoisotopic (exact) mass is 359 g/mol. The fourth-order valence-corrected chi connectivity index (χ4v) is 3.74. The normalized spacial score (nSPS) is 12.7. The standard InChI is InChI=1S/C15H16BrF2NS/c1-3-19-14(15-8-11(16)9(2)20-15)7-10-12(17)5-4-6-13(10)18/h4-6,8,14,19H,3,7H2,1-2H3. The van der Waals surface area contributed by atoms with Crippen LogP contribution in [0.25, 0.3) is 0 Å². The molecular weight excluding hydrogens is 344 g/mol. The maximum Gasteiger partial charge on any atom is 0.129 e. The number of likely N-dealkylation sites (N-methyl/N-ethyl adjacent to an activating group) is 1. The molecule has 0 saturated carbocycles. The molecule has 0 aliphatic rings. The lowest BCUT2D eigenvalue weighted by atomic mass is 10.0. The van der Waals surface area contributed by atoms with E-state index in [0.717, 1.165) is 20.8 Å². The molecule has 0 aliphatic carbocycles. The Labute approximate surface area is 130 Å². The molecule has 1 nitrogen and oxygen atoms in total. The van der Waals surface area contributed by atoms with Crippen molar-refractivity contribution >= 4 is 27.3 Å². The van der Waals surface area contributed by atoms with Gasteiger partial charge in [-0.15, -0.1) is 11.3 Å². The number of thiophene rings is 1. The lowest BCUT2D eigenvalue weighted by Crippen LogP contribution is -2.23. The van der Waals surface area contributed by atoms with Crippen molar-refractivity contribution in [3.05, 3.63) is 55.7 Å². The maximum absolute atomic E-state index is 13.8. The molecule has 0 saturated heterocycles. The Kier molecular flexibility index (Phi) is 5.29. The molecule has 0 radical (unpaired) electrons. The maximum atomic E-state index is 13.8. The van der Waals surface area contributed by atoms with Crippen LogP contribution in [0.2, 0.25) is 0 Å². The van der Waals surface area contributed by atoms with Crippen LogP contribution in [0, 0.1) is 18.6 Å². The van der Waals surface area contributed by atoms with Gasteiger partial charge in [0.15, 0.2) is 0 Å². The average Bonchev–Trinajstić information content (AvgIpc) is 2.73. The van der Waals surface area contributed by atoms with Gasteiger partial charge in [0.05, 0.1) is 0 Å². The summed E-state index contributed by atoms with van der Waals surface area (Å²) in [5.41, 5.74) is 0.139. The summed E-state index contributed by atoms with van der Waals surface area (Å²) in [7, 11) is 0. The summed E-state index contributed by atoms with van der Waals surface area (Å²) in [4.78, 5) is 2.25. The van der Waals surface area contributed by atoms with E-state index in [4.69, 9.17) is 0 Å². The van der Waals surface area contributed by atoms with E-state index in [1.165, 1.54) is 18.2 Å². The summed E-state index contributed by atoms with van der Waals surface area (Å²) in [5, 5.41) is 3.30. The second kappa shape index (κ2) is 6.78. The Morgan fingerprint density at radius 3 is 2.45 bits per heavy atom. The van der Waals surface area contributed by atoms with Crippen LogP contribution in [-0.2, 0) is 6.42 Å². The SMILES string of the molecule is CCNC(Cc1c(F)cccc1F)c1cc(Br)c(C)s1. The zero-order valence-electron chi connectivity index (χ0n) is 11.3. The van der Waals surface area contributed by atoms with Crippen LogP contribution >= 0.6 is 27.3 Å². The van der Waals surface area contributed by atoms with Gasteiger partial charge in [0, 0.05) is 25.8 Å². The third-order valence-electron chi connectivity index (χ3n) is 3.14. The molecule has 0 spiro atoms. The Morgan fingerprint density at radius 2 is 1.95 bits per heavy atom. The molecule has 108 valence electrons. The number of hydrogen-bond donors (Lipinski definition) is 1. The van der Waals surface area contributed by atoms with Gasteiger partial charge in [-0.3, -0.25) is 0 Å². The van der Waals surface area contributed by atoms with E-state index in [0.29, 0.717) is 6.42 Å². The minimum Gasteiger partial charge on any atom is -0.309 e. The molecule has 0 bridgehead atoms. The highest BCUT2D eigenvalue weighted by Gasteiger charge is 2.19. The molecule has 1 N–H and O–H groups in total. The van der Waals surface area contributed by atoms with Gasteiger partial charge in [-0.1, -0.05) is 13.0 Å². The molecule has 0 fully saturated rings. The Hall–Kier alpha value is -0.780. The molecule has 2 aromatic rings. The lowest BCUT2D eigenvalue weighted by Gasteiger charge is -2.17. The zero-order valence-corrected chi connectivity index (χ0v) is 13.7. The smallest absolute Gasteiger partial charge is 0.129 e. The summed E-state index contributed by atoms with van der Waals surface area (Å²) < 4.78 is 28.6. The summed E-state index contributed by atoms with van der Waals surface area (Å²) in [6.45, 7) is 4.75. The predicted octanol–water partition coefficient (Wildman–Crippen LogP) is 4.99. The van der Waals surface area contributed by atoms with Crippen LogP contribution in [0.15, 0.2) is 28.7 Å².